The number of hydrogen-bond acceptors (Lipinski definition) is 7. The normalized spacial score (nSPS) is 18.3. The van der Waals surface area contributed by atoms with E-state index in [4.69, 9.17) is 14.5 Å². The lowest BCUT2D eigenvalue weighted by atomic mass is 10.00. The van der Waals surface area contributed by atoms with E-state index < -0.39 is 35.2 Å². The van der Waals surface area contributed by atoms with E-state index in [9.17, 15) is 22.4 Å². The van der Waals surface area contributed by atoms with Crippen molar-refractivity contribution in [2.45, 2.75) is 89.6 Å². The highest BCUT2D eigenvalue weighted by Gasteiger charge is 2.41. The van der Waals surface area contributed by atoms with Crippen LogP contribution in [-0.2, 0) is 28.5 Å². The Morgan fingerprint density at radius 2 is 1.95 bits per heavy atom. The molecule has 11 heteroatoms. The van der Waals surface area contributed by atoms with Gasteiger partial charge in [-0.05, 0) is 96.7 Å². The van der Waals surface area contributed by atoms with Crippen LogP contribution in [0.2, 0.25) is 0 Å². The maximum atomic E-state index is 14.9. The Labute approximate surface area is 251 Å². The lowest BCUT2D eigenvalue weighted by molar-refractivity contribution is -0.161. The number of rotatable bonds is 11. The fraction of sp³-hybridized carbons (Fsp3) is 0.625. The number of likely N-dealkylation sites (tertiary alicyclic amines) is 1. The van der Waals surface area contributed by atoms with Crippen LogP contribution < -0.4 is 10.1 Å². The van der Waals surface area contributed by atoms with E-state index in [1.54, 1.807) is 25.7 Å². The monoisotopic (exact) mass is 608 g/mol. The van der Waals surface area contributed by atoms with Crippen molar-refractivity contribution >= 4 is 11.8 Å². The number of unbranched alkanes of at least 4 members (excludes halogenated alkanes) is 2. The maximum Gasteiger partial charge on any atom is 0.416 e. The zero-order valence-electron chi connectivity index (χ0n) is 25.8. The molecule has 1 N–H and O–H groups in total. The number of esters is 1. The molecule has 2 aliphatic heterocycles. The van der Waals surface area contributed by atoms with Gasteiger partial charge in [0.1, 0.15) is 17.5 Å². The van der Waals surface area contributed by atoms with Gasteiger partial charge in [-0.3, -0.25) is 4.90 Å². The number of aromatic nitrogens is 1. The third-order valence-electron chi connectivity index (χ3n) is 8.11. The first-order chi connectivity index (χ1) is 20.3. The molecular formula is C32H44F4N4O3. The summed E-state index contributed by atoms with van der Waals surface area (Å²) in [6.45, 7) is 7.74. The number of aryl methyl sites for hydroxylation is 2. The van der Waals surface area contributed by atoms with Gasteiger partial charge in [-0.2, -0.15) is 13.2 Å². The van der Waals surface area contributed by atoms with Gasteiger partial charge in [-0.1, -0.05) is 12.5 Å². The second-order valence-corrected chi connectivity index (χ2v) is 12.6. The van der Waals surface area contributed by atoms with Gasteiger partial charge in [-0.25, -0.2) is 14.2 Å². The molecule has 2 aliphatic rings. The van der Waals surface area contributed by atoms with Crippen molar-refractivity contribution in [1.82, 2.24) is 14.8 Å². The van der Waals surface area contributed by atoms with Crippen LogP contribution in [0.25, 0.3) is 0 Å². The zero-order chi connectivity index (χ0) is 31.4. The molecule has 1 aromatic heterocycles. The molecule has 0 saturated carbocycles. The summed E-state index contributed by atoms with van der Waals surface area (Å²) in [7, 11) is 3.21. The number of ether oxygens (including phenoxy) is 2. The predicted octanol–water partition coefficient (Wildman–Crippen LogP) is 6.41. The number of fused-ring (bicyclic) bond motifs is 1. The summed E-state index contributed by atoms with van der Waals surface area (Å²) < 4.78 is 66.6. The molecule has 7 nitrogen and oxygen atoms in total. The number of halogens is 4. The number of anilines is 1. The third kappa shape index (κ3) is 8.59. The minimum absolute atomic E-state index is 0.0833. The Kier molecular flexibility index (Phi) is 10.6. The molecular weight excluding hydrogens is 564 g/mol. The largest absolute Gasteiger partial charge is 0.493 e. The topological polar surface area (TPSA) is 66.9 Å². The summed E-state index contributed by atoms with van der Waals surface area (Å²) in [5, 5.41) is 3.38. The standard InChI is InChI=1S/C32H44F4N4O3/c1-31(2,3)43-30(41)27(25-18-22(32(34,35)36)19-26(33)28(25)42-5)40-17-14-24(20-40)39(4)16-8-6-7-11-23-13-12-21-10-9-15-37-29(21)38-23/h12-13,18-19,24,27H,6-11,14-17,20H2,1-5H3,(H,37,38)/t24-,27?/m1/s1. The van der Waals surface area contributed by atoms with Gasteiger partial charge in [0.25, 0.3) is 0 Å². The number of nitrogens with one attached hydrogen (secondary N) is 1. The van der Waals surface area contributed by atoms with Gasteiger partial charge in [0.05, 0.1) is 12.7 Å². The Morgan fingerprint density at radius 1 is 1.19 bits per heavy atom. The number of carbonyl (C=O) groups excluding carboxylic acids is 1. The highest BCUT2D eigenvalue weighted by atomic mass is 19.4. The van der Waals surface area contributed by atoms with Crippen molar-refractivity contribution < 1.29 is 31.8 Å². The molecule has 4 rings (SSSR count). The zero-order valence-corrected chi connectivity index (χ0v) is 25.8. The molecule has 1 saturated heterocycles. The van der Waals surface area contributed by atoms with E-state index in [1.165, 1.54) is 12.7 Å². The van der Waals surface area contributed by atoms with E-state index >= 15 is 0 Å². The van der Waals surface area contributed by atoms with Crippen LogP contribution >= 0.6 is 0 Å². The number of carbonyl (C=O) groups is 1. The summed E-state index contributed by atoms with van der Waals surface area (Å²) >= 11 is 0. The Morgan fingerprint density at radius 3 is 2.65 bits per heavy atom. The van der Waals surface area contributed by atoms with Crippen LogP contribution in [0.5, 0.6) is 5.75 Å². The van der Waals surface area contributed by atoms with Crippen molar-refractivity contribution in [3.63, 3.8) is 0 Å². The van der Waals surface area contributed by atoms with Crippen molar-refractivity contribution in [3.05, 3.63) is 52.5 Å². The van der Waals surface area contributed by atoms with Crippen LogP contribution in [0.4, 0.5) is 23.4 Å². The summed E-state index contributed by atoms with van der Waals surface area (Å²) in [6.07, 6.45) is 2.10. The molecule has 2 atom stereocenters. The first-order valence-corrected chi connectivity index (χ1v) is 15.1. The third-order valence-corrected chi connectivity index (χ3v) is 8.11. The van der Waals surface area contributed by atoms with E-state index in [0.29, 0.717) is 25.6 Å². The second kappa shape index (κ2) is 13.8. The molecule has 238 valence electrons. The Hall–Kier alpha value is -2.92. The van der Waals surface area contributed by atoms with E-state index in [0.717, 1.165) is 69.2 Å². The van der Waals surface area contributed by atoms with Crippen molar-refractivity contribution in [2.75, 3.05) is 45.7 Å². The average molecular weight is 609 g/mol. The lowest BCUT2D eigenvalue weighted by Gasteiger charge is -2.32. The number of benzene rings is 1. The highest BCUT2D eigenvalue weighted by molar-refractivity contribution is 5.79. The molecule has 1 unspecified atom stereocenters. The van der Waals surface area contributed by atoms with Crippen LogP contribution in [0.3, 0.4) is 0 Å². The van der Waals surface area contributed by atoms with Crippen molar-refractivity contribution in [1.29, 1.82) is 0 Å². The van der Waals surface area contributed by atoms with Crippen LogP contribution in [0, 0.1) is 5.82 Å². The number of nitrogens with zero attached hydrogens (tertiary/aromatic N) is 3. The summed E-state index contributed by atoms with van der Waals surface area (Å²) in [5.41, 5.74) is 0.141. The van der Waals surface area contributed by atoms with E-state index in [-0.39, 0.29) is 17.4 Å². The Bertz CT molecular complexity index is 1260. The summed E-state index contributed by atoms with van der Waals surface area (Å²) in [6, 6.07) is 4.34. The highest BCUT2D eigenvalue weighted by Crippen LogP contribution is 2.40. The number of alkyl halides is 3. The molecule has 1 fully saturated rings. The lowest BCUT2D eigenvalue weighted by Crippen LogP contribution is -2.40. The van der Waals surface area contributed by atoms with Crippen molar-refractivity contribution in [2.24, 2.45) is 0 Å². The van der Waals surface area contributed by atoms with Gasteiger partial charge in [-0.15, -0.1) is 0 Å². The number of pyridine rings is 1. The molecule has 0 aliphatic carbocycles. The van der Waals surface area contributed by atoms with Crippen LogP contribution in [0.1, 0.15) is 81.3 Å². The molecule has 0 amide bonds. The maximum absolute atomic E-state index is 14.9. The molecule has 2 aromatic rings. The SMILES string of the molecule is COc1c(F)cc(C(F)(F)F)cc1C(C(=O)OC(C)(C)C)N1CC[C@@H](N(C)CCCCCc2ccc3c(n2)NCCC3)C1. The van der Waals surface area contributed by atoms with Gasteiger partial charge in [0.15, 0.2) is 11.6 Å². The van der Waals surface area contributed by atoms with E-state index in [1.807, 2.05) is 7.05 Å². The first-order valence-electron chi connectivity index (χ1n) is 15.1. The van der Waals surface area contributed by atoms with Crippen molar-refractivity contribution in [3.8, 4) is 5.75 Å². The smallest absolute Gasteiger partial charge is 0.416 e. The molecule has 1 aromatic carbocycles. The molecule has 0 bridgehead atoms. The molecule has 3 heterocycles. The minimum atomic E-state index is -4.79. The molecule has 0 spiro atoms. The minimum Gasteiger partial charge on any atom is -0.493 e. The van der Waals surface area contributed by atoms with Gasteiger partial charge < -0.3 is 19.7 Å². The second-order valence-electron chi connectivity index (χ2n) is 12.6. The summed E-state index contributed by atoms with van der Waals surface area (Å²) in [5.74, 6) is -1.27. The first kappa shape index (κ1) is 33.0. The quantitative estimate of drug-likeness (QED) is 0.180. The van der Waals surface area contributed by atoms with Gasteiger partial charge in [0, 0.05) is 36.9 Å². The summed E-state index contributed by atoms with van der Waals surface area (Å²) in [4.78, 5) is 22.2. The number of hydrogen-bond donors (Lipinski definition) is 1. The van der Waals surface area contributed by atoms with Gasteiger partial charge in [0.2, 0.25) is 0 Å². The fourth-order valence-corrected chi connectivity index (χ4v) is 5.92. The molecule has 0 radical (unpaired) electrons. The number of likely N-dealkylation sites (N-methyl/N-ethyl adjacent to an activating group) is 1. The molecule has 43 heavy (non-hydrogen) atoms. The van der Waals surface area contributed by atoms with E-state index in [2.05, 4.69) is 22.3 Å². The van der Waals surface area contributed by atoms with Gasteiger partial charge >= 0.3 is 12.1 Å². The van der Waals surface area contributed by atoms with Crippen LogP contribution in [-0.4, -0.2) is 72.7 Å². The average Bonchev–Trinajstić information content (AvgIpc) is 3.41. The fourth-order valence-electron chi connectivity index (χ4n) is 5.92. The van der Waals surface area contributed by atoms with Crippen LogP contribution in [0.15, 0.2) is 24.3 Å². The number of methoxy groups -OCH3 is 1. The Balaban J connectivity index is 1.39. The predicted molar refractivity (Wildman–Crippen MR) is 158 cm³/mol.